The average molecular weight is 328 g/mol. The number of hydrogen-bond acceptors (Lipinski definition) is 4. The minimum Gasteiger partial charge on any atom is -0.492 e. The highest BCUT2D eigenvalue weighted by atomic mass is 19.1. The van der Waals surface area contributed by atoms with Crippen LogP contribution >= 0.6 is 0 Å². The molecule has 2 aromatic rings. The SMILES string of the molecule is CCOc1ccccc1N1C(=O)C[C@@H](Nc2ccccc2F)C1=O. The third kappa shape index (κ3) is 2.95. The number of carbonyl (C=O) groups is 2. The molecule has 0 saturated carbocycles. The fourth-order valence-corrected chi connectivity index (χ4v) is 2.68. The molecule has 0 radical (unpaired) electrons. The molecule has 1 saturated heterocycles. The zero-order valence-corrected chi connectivity index (χ0v) is 13.2. The van der Waals surface area contributed by atoms with Gasteiger partial charge in [0.25, 0.3) is 5.91 Å². The molecule has 0 spiro atoms. The van der Waals surface area contributed by atoms with Gasteiger partial charge in [-0.25, -0.2) is 9.29 Å². The molecular weight excluding hydrogens is 311 g/mol. The Labute approximate surface area is 139 Å². The van der Waals surface area contributed by atoms with E-state index in [1.54, 1.807) is 36.4 Å². The molecule has 2 aromatic carbocycles. The van der Waals surface area contributed by atoms with E-state index in [2.05, 4.69) is 5.32 Å². The number of nitrogens with zero attached hydrogens (tertiary/aromatic N) is 1. The van der Waals surface area contributed by atoms with Crippen LogP contribution in [0.15, 0.2) is 48.5 Å². The number of hydrogen-bond donors (Lipinski definition) is 1. The molecule has 5 nitrogen and oxygen atoms in total. The zero-order valence-electron chi connectivity index (χ0n) is 13.2. The van der Waals surface area contributed by atoms with E-state index in [4.69, 9.17) is 4.74 Å². The van der Waals surface area contributed by atoms with Crippen molar-refractivity contribution in [2.45, 2.75) is 19.4 Å². The van der Waals surface area contributed by atoms with Crippen molar-refractivity contribution in [1.82, 2.24) is 0 Å². The number of amides is 2. The van der Waals surface area contributed by atoms with Crippen LogP contribution in [0.1, 0.15) is 13.3 Å². The van der Waals surface area contributed by atoms with E-state index in [1.165, 1.54) is 12.1 Å². The summed E-state index contributed by atoms with van der Waals surface area (Å²) in [6.07, 6.45) is -0.0341. The van der Waals surface area contributed by atoms with Crippen molar-refractivity contribution in [3.63, 3.8) is 0 Å². The molecule has 24 heavy (non-hydrogen) atoms. The summed E-state index contributed by atoms with van der Waals surface area (Å²) in [6, 6.07) is 12.1. The van der Waals surface area contributed by atoms with Crippen molar-refractivity contribution in [2.24, 2.45) is 0 Å². The van der Waals surface area contributed by atoms with Crippen LogP contribution in [0.3, 0.4) is 0 Å². The Morgan fingerprint density at radius 3 is 2.62 bits per heavy atom. The maximum absolute atomic E-state index is 13.8. The largest absolute Gasteiger partial charge is 0.492 e. The molecule has 124 valence electrons. The van der Waals surface area contributed by atoms with E-state index in [9.17, 15) is 14.0 Å². The standard InChI is InChI=1S/C18H17FN2O3/c1-2-24-16-10-6-5-9-15(16)21-17(22)11-14(18(21)23)20-13-8-4-3-7-12(13)19/h3-10,14,20H,2,11H2,1H3/t14-/m1/s1. The molecule has 0 aliphatic carbocycles. The topological polar surface area (TPSA) is 58.6 Å². The van der Waals surface area contributed by atoms with Gasteiger partial charge in [-0.3, -0.25) is 9.59 Å². The molecule has 1 atom stereocenters. The Bertz CT molecular complexity index is 778. The minimum absolute atomic E-state index is 0.0341. The van der Waals surface area contributed by atoms with E-state index in [-0.39, 0.29) is 18.0 Å². The first-order valence-corrected chi connectivity index (χ1v) is 7.71. The second-order valence-corrected chi connectivity index (χ2v) is 5.35. The molecular formula is C18H17FN2O3. The summed E-state index contributed by atoms with van der Waals surface area (Å²) < 4.78 is 19.3. The van der Waals surface area contributed by atoms with Crippen molar-refractivity contribution in [1.29, 1.82) is 0 Å². The van der Waals surface area contributed by atoms with Crippen LogP contribution in [-0.2, 0) is 9.59 Å². The lowest BCUT2D eigenvalue weighted by Crippen LogP contribution is -2.35. The van der Waals surface area contributed by atoms with Gasteiger partial charge in [-0.05, 0) is 31.2 Å². The average Bonchev–Trinajstić information content (AvgIpc) is 2.85. The van der Waals surface area contributed by atoms with Gasteiger partial charge in [-0.2, -0.15) is 0 Å². The number of ether oxygens (including phenoxy) is 1. The maximum Gasteiger partial charge on any atom is 0.256 e. The van der Waals surface area contributed by atoms with Gasteiger partial charge in [0.05, 0.1) is 24.4 Å². The molecule has 0 bridgehead atoms. The van der Waals surface area contributed by atoms with Crippen molar-refractivity contribution in [3.8, 4) is 5.75 Å². The number of anilines is 2. The third-order valence-electron chi connectivity index (χ3n) is 3.76. The van der Waals surface area contributed by atoms with Gasteiger partial charge in [0.15, 0.2) is 0 Å². The lowest BCUT2D eigenvalue weighted by Gasteiger charge is -2.19. The lowest BCUT2D eigenvalue weighted by molar-refractivity contribution is -0.121. The first kappa shape index (κ1) is 16.0. The molecule has 2 amide bonds. The van der Waals surface area contributed by atoms with E-state index in [1.807, 2.05) is 6.92 Å². The van der Waals surface area contributed by atoms with Crippen molar-refractivity contribution in [3.05, 3.63) is 54.3 Å². The summed E-state index contributed by atoms with van der Waals surface area (Å²) in [5.41, 5.74) is 0.607. The number of halogens is 1. The molecule has 1 heterocycles. The van der Waals surface area contributed by atoms with Gasteiger partial charge in [-0.1, -0.05) is 24.3 Å². The second-order valence-electron chi connectivity index (χ2n) is 5.35. The van der Waals surface area contributed by atoms with Crippen LogP contribution in [0.25, 0.3) is 0 Å². The van der Waals surface area contributed by atoms with Gasteiger partial charge < -0.3 is 10.1 Å². The van der Waals surface area contributed by atoms with Crippen molar-refractivity contribution >= 4 is 23.2 Å². The molecule has 1 N–H and O–H groups in total. The lowest BCUT2D eigenvalue weighted by atomic mass is 10.2. The van der Waals surface area contributed by atoms with Crippen LogP contribution in [0, 0.1) is 5.82 Å². The van der Waals surface area contributed by atoms with Crippen LogP contribution < -0.4 is 15.0 Å². The maximum atomic E-state index is 13.8. The van der Waals surface area contributed by atoms with Gasteiger partial charge in [0, 0.05) is 0 Å². The molecule has 3 rings (SSSR count). The van der Waals surface area contributed by atoms with E-state index < -0.39 is 17.8 Å². The highest BCUT2D eigenvalue weighted by Gasteiger charge is 2.40. The molecule has 1 fully saturated rings. The number of nitrogens with one attached hydrogen (secondary N) is 1. The van der Waals surface area contributed by atoms with Crippen LogP contribution in [-0.4, -0.2) is 24.5 Å². The summed E-state index contributed by atoms with van der Waals surface area (Å²) in [5.74, 6) is -0.768. The van der Waals surface area contributed by atoms with Crippen molar-refractivity contribution < 1.29 is 18.7 Å². The second kappa shape index (κ2) is 6.70. The normalized spacial score (nSPS) is 17.2. The molecule has 0 aromatic heterocycles. The van der Waals surface area contributed by atoms with E-state index in [0.29, 0.717) is 18.0 Å². The Hall–Kier alpha value is -2.89. The Balaban J connectivity index is 1.86. The van der Waals surface area contributed by atoms with Crippen LogP contribution in [0.5, 0.6) is 5.75 Å². The number of benzene rings is 2. The summed E-state index contributed by atoms with van der Waals surface area (Å²) in [6.45, 7) is 2.25. The van der Waals surface area contributed by atoms with Crippen LogP contribution in [0.4, 0.5) is 15.8 Å². The van der Waals surface area contributed by atoms with Gasteiger partial charge in [0.1, 0.15) is 17.6 Å². The zero-order chi connectivity index (χ0) is 17.1. The Morgan fingerprint density at radius 2 is 1.88 bits per heavy atom. The number of rotatable bonds is 5. The first-order chi connectivity index (χ1) is 11.6. The van der Waals surface area contributed by atoms with Gasteiger partial charge >= 0.3 is 0 Å². The fourth-order valence-electron chi connectivity index (χ4n) is 2.68. The predicted molar refractivity (Wildman–Crippen MR) is 88.5 cm³/mol. The molecule has 6 heteroatoms. The summed E-state index contributed by atoms with van der Waals surface area (Å²) in [4.78, 5) is 26.1. The van der Waals surface area contributed by atoms with E-state index >= 15 is 0 Å². The predicted octanol–water partition coefficient (Wildman–Crippen LogP) is 2.97. The molecule has 0 unspecified atom stereocenters. The molecule has 1 aliphatic rings. The fraction of sp³-hybridized carbons (Fsp3) is 0.222. The van der Waals surface area contributed by atoms with E-state index in [0.717, 1.165) is 4.90 Å². The highest BCUT2D eigenvalue weighted by Crippen LogP contribution is 2.33. The summed E-state index contributed by atoms with van der Waals surface area (Å²) >= 11 is 0. The smallest absolute Gasteiger partial charge is 0.256 e. The molecule has 1 aliphatic heterocycles. The third-order valence-corrected chi connectivity index (χ3v) is 3.76. The summed E-state index contributed by atoms with van der Waals surface area (Å²) in [5, 5.41) is 2.81. The Morgan fingerprint density at radius 1 is 1.17 bits per heavy atom. The first-order valence-electron chi connectivity index (χ1n) is 7.71. The van der Waals surface area contributed by atoms with Crippen molar-refractivity contribution in [2.75, 3.05) is 16.8 Å². The van der Waals surface area contributed by atoms with Gasteiger partial charge in [-0.15, -0.1) is 0 Å². The summed E-state index contributed by atoms with van der Waals surface area (Å²) in [7, 11) is 0. The highest BCUT2D eigenvalue weighted by molar-refractivity contribution is 6.23. The number of carbonyl (C=O) groups excluding carboxylic acids is 2. The number of imide groups is 1. The monoisotopic (exact) mass is 328 g/mol. The van der Waals surface area contributed by atoms with Gasteiger partial charge in [0.2, 0.25) is 5.91 Å². The Kier molecular flexibility index (Phi) is 4.46. The quantitative estimate of drug-likeness (QED) is 0.857. The number of para-hydroxylation sites is 3. The minimum atomic E-state index is -0.802. The van der Waals surface area contributed by atoms with Crippen LogP contribution in [0.2, 0.25) is 0 Å².